The molecule has 0 bridgehead atoms. The Bertz CT molecular complexity index is 1070. The number of benzene rings is 2. The highest BCUT2D eigenvalue weighted by atomic mass is 35.5. The number of thiophene rings is 1. The molecule has 1 aromatic heterocycles. The molecule has 1 heterocycles. The summed E-state index contributed by atoms with van der Waals surface area (Å²) >= 11 is 7.30. The second kappa shape index (κ2) is 9.49. The minimum atomic E-state index is -3.76. The standard InChI is InChI=1S/C20H18ClFN2O3S2/c21-15-3-1-4-17(13-15)29(26,27)23-11-10-19(25)24-20(18-5-2-12-28-18)14-6-8-16(22)9-7-14/h1-9,12-13,20,23H,10-11H2,(H,24,25). The second-order valence-corrected chi connectivity index (χ2v) is 9.36. The quantitative estimate of drug-likeness (QED) is 0.540. The van der Waals surface area contributed by atoms with Crippen LogP contribution in [0.1, 0.15) is 22.9 Å². The fraction of sp³-hybridized carbons (Fsp3) is 0.150. The maximum absolute atomic E-state index is 13.2. The van der Waals surface area contributed by atoms with Gasteiger partial charge in [-0.1, -0.05) is 35.9 Å². The summed E-state index contributed by atoms with van der Waals surface area (Å²) in [7, 11) is -3.76. The average Bonchev–Trinajstić information content (AvgIpc) is 3.21. The Balaban J connectivity index is 1.63. The van der Waals surface area contributed by atoms with Gasteiger partial charge in [-0.15, -0.1) is 11.3 Å². The lowest BCUT2D eigenvalue weighted by Crippen LogP contribution is -2.33. The van der Waals surface area contributed by atoms with Gasteiger partial charge in [-0.2, -0.15) is 0 Å². The summed E-state index contributed by atoms with van der Waals surface area (Å²) < 4.78 is 40.2. The molecule has 1 atom stereocenters. The largest absolute Gasteiger partial charge is 0.344 e. The van der Waals surface area contributed by atoms with Gasteiger partial charge in [-0.05, 0) is 47.3 Å². The summed E-state index contributed by atoms with van der Waals surface area (Å²) in [5.41, 5.74) is 0.738. The van der Waals surface area contributed by atoms with Crippen LogP contribution in [-0.2, 0) is 14.8 Å². The van der Waals surface area contributed by atoms with E-state index in [9.17, 15) is 17.6 Å². The molecule has 0 radical (unpaired) electrons. The summed E-state index contributed by atoms with van der Waals surface area (Å²) in [5.74, 6) is -0.693. The van der Waals surface area contributed by atoms with Crippen molar-refractivity contribution in [2.75, 3.05) is 6.54 Å². The van der Waals surface area contributed by atoms with Crippen LogP contribution in [0, 0.1) is 5.82 Å². The first-order valence-electron chi connectivity index (χ1n) is 8.68. The van der Waals surface area contributed by atoms with Crippen molar-refractivity contribution in [3.8, 4) is 0 Å². The first kappa shape index (κ1) is 21.4. The second-order valence-electron chi connectivity index (χ2n) is 6.17. The Morgan fingerprint density at radius 3 is 2.52 bits per heavy atom. The zero-order valence-corrected chi connectivity index (χ0v) is 17.5. The zero-order valence-electron chi connectivity index (χ0n) is 15.1. The summed E-state index contributed by atoms with van der Waals surface area (Å²) in [5, 5.41) is 5.08. The van der Waals surface area contributed by atoms with Gasteiger partial charge in [0, 0.05) is 22.9 Å². The first-order chi connectivity index (χ1) is 13.8. The monoisotopic (exact) mass is 452 g/mol. The Labute approximate surface area is 177 Å². The van der Waals surface area contributed by atoms with Crippen molar-refractivity contribution < 1.29 is 17.6 Å². The van der Waals surface area contributed by atoms with Crippen LogP contribution in [-0.4, -0.2) is 20.9 Å². The molecule has 29 heavy (non-hydrogen) atoms. The Morgan fingerprint density at radius 2 is 1.86 bits per heavy atom. The number of hydrogen-bond acceptors (Lipinski definition) is 4. The van der Waals surface area contributed by atoms with Crippen LogP contribution in [0.25, 0.3) is 0 Å². The number of sulfonamides is 1. The molecule has 0 aliphatic carbocycles. The molecule has 0 aliphatic rings. The SMILES string of the molecule is O=C(CCNS(=O)(=O)c1cccc(Cl)c1)NC(c1ccc(F)cc1)c1cccs1. The number of amides is 1. The highest BCUT2D eigenvalue weighted by Crippen LogP contribution is 2.26. The first-order valence-corrected chi connectivity index (χ1v) is 11.4. The van der Waals surface area contributed by atoms with E-state index in [0.717, 1.165) is 10.4 Å². The van der Waals surface area contributed by atoms with E-state index >= 15 is 0 Å². The summed E-state index contributed by atoms with van der Waals surface area (Å²) in [4.78, 5) is 13.4. The third kappa shape index (κ3) is 5.86. The van der Waals surface area contributed by atoms with Crippen molar-refractivity contribution in [3.05, 3.63) is 87.3 Å². The molecular weight excluding hydrogens is 435 g/mol. The van der Waals surface area contributed by atoms with Gasteiger partial charge in [-0.25, -0.2) is 17.5 Å². The van der Waals surface area contributed by atoms with Gasteiger partial charge in [-0.3, -0.25) is 4.79 Å². The van der Waals surface area contributed by atoms with E-state index in [2.05, 4.69) is 10.0 Å². The molecule has 0 aliphatic heterocycles. The molecule has 1 amide bonds. The van der Waals surface area contributed by atoms with Crippen LogP contribution in [0.4, 0.5) is 4.39 Å². The average molecular weight is 453 g/mol. The third-order valence-electron chi connectivity index (χ3n) is 4.09. The van der Waals surface area contributed by atoms with Crippen LogP contribution in [0.2, 0.25) is 5.02 Å². The van der Waals surface area contributed by atoms with Crippen LogP contribution in [0.15, 0.2) is 70.9 Å². The van der Waals surface area contributed by atoms with Gasteiger partial charge < -0.3 is 5.32 Å². The Morgan fingerprint density at radius 1 is 1.10 bits per heavy atom. The summed E-state index contributed by atoms with van der Waals surface area (Å²) in [6.45, 7) is -0.0682. The molecule has 0 saturated carbocycles. The number of halogens is 2. The van der Waals surface area contributed by atoms with E-state index in [0.29, 0.717) is 5.02 Å². The van der Waals surface area contributed by atoms with Crippen LogP contribution in [0.3, 0.4) is 0 Å². The Hall–Kier alpha value is -2.26. The highest BCUT2D eigenvalue weighted by molar-refractivity contribution is 7.89. The lowest BCUT2D eigenvalue weighted by Gasteiger charge is -2.18. The lowest BCUT2D eigenvalue weighted by atomic mass is 10.1. The molecule has 1 unspecified atom stereocenters. The zero-order chi connectivity index (χ0) is 20.9. The maximum Gasteiger partial charge on any atom is 0.240 e. The van der Waals surface area contributed by atoms with Crippen LogP contribution >= 0.6 is 22.9 Å². The summed E-state index contributed by atoms with van der Waals surface area (Å²) in [6.07, 6.45) is -0.0527. The highest BCUT2D eigenvalue weighted by Gasteiger charge is 2.19. The summed E-state index contributed by atoms with van der Waals surface area (Å²) in [6, 6.07) is 15.1. The van der Waals surface area contributed by atoms with Gasteiger partial charge in [0.15, 0.2) is 0 Å². The number of carbonyl (C=O) groups is 1. The van der Waals surface area contributed by atoms with Crippen molar-refractivity contribution in [3.63, 3.8) is 0 Å². The minimum Gasteiger partial charge on any atom is -0.344 e. The van der Waals surface area contributed by atoms with Gasteiger partial charge in [0.1, 0.15) is 5.82 Å². The lowest BCUT2D eigenvalue weighted by molar-refractivity contribution is -0.121. The predicted octanol–water partition coefficient (Wildman–Crippen LogP) is 4.11. The van der Waals surface area contributed by atoms with Gasteiger partial charge in [0.05, 0.1) is 10.9 Å². The van der Waals surface area contributed by atoms with Gasteiger partial charge >= 0.3 is 0 Å². The molecule has 3 rings (SSSR count). The van der Waals surface area contributed by atoms with Crippen LogP contribution in [0.5, 0.6) is 0 Å². The van der Waals surface area contributed by atoms with E-state index in [1.54, 1.807) is 18.2 Å². The molecule has 0 fully saturated rings. The molecule has 2 aromatic carbocycles. The van der Waals surface area contributed by atoms with E-state index in [-0.39, 0.29) is 29.6 Å². The number of hydrogen-bond donors (Lipinski definition) is 2. The normalized spacial score (nSPS) is 12.5. The molecule has 0 spiro atoms. The van der Waals surface area contributed by atoms with E-state index in [1.807, 2.05) is 17.5 Å². The molecular formula is C20H18ClFN2O3S2. The van der Waals surface area contributed by atoms with Crippen molar-refractivity contribution in [2.45, 2.75) is 17.4 Å². The smallest absolute Gasteiger partial charge is 0.240 e. The van der Waals surface area contributed by atoms with E-state index in [4.69, 9.17) is 11.6 Å². The molecule has 9 heteroatoms. The molecule has 5 nitrogen and oxygen atoms in total. The third-order valence-corrected chi connectivity index (χ3v) is 6.72. The van der Waals surface area contributed by atoms with E-state index in [1.165, 1.54) is 41.7 Å². The van der Waals surface area contributed by atoms with Crippen molar-refractivity contribution in [1.82, 2.24) is 10.0 Å². The van der Waals surface area contributed by atoms with Gasteiger partial charge in [0.2, 0.25) is 15.9 Å². The number of carbonyl (C=O) groups excluding carboxylic acids is 1. The van der Waals surface area contributed by atoms with Gasteiger partial charge in [0.25, 0.3) is 0 Å². The predicted molar refractivity (Wildman–Crippen MR) is 112 cm³/mol. The molecule has 152 valence electrons. The molecule has 2 N–H and O–H groups in total. The van der Waals surface area contributed by atoms with Crippen molar-refractivity contribution >= 4 is 38.9 Å². The number of rotatable bonds is 8. The minimum absolute atomic E-state index is 0.0354. The molecule has 0 saturated heterocycles. The van der Waals surface area contributed by atoms with Crippen molar-refractivity contribution in [1.29, 1.82) is 0 Å². The topological polar surface area (TPSA) is 75.3 Å². The van der Waals surface area contributed by atoms with E-state index < -0.39 is 16.1 Å². The molecule has 3 aromatic rings. The van der Waals surface area contributed by atoms with Crippen molar-refractivity contribution in [2.24, 2.45) is 0 Å². The fourth-order valence-electron chi connectivity index (χ4n) is 2.68. The fourth-order valence-corrected chi connectivity index (χ4v) is 4.81. The maximum atomic E-state index is 13.2. The Kier molecular flexibility index (Phi) is 7.02. The van der Waals surface area contributed by atoms with Crippen LogP contribution < -0.4 is 10.0 Å². The number of nitrogens with one attached hydrogen (secondary N) is 2.